The Labute approximate surface area is 98.6 Å². The van der Waals surface area contributed by atoms with Gasteiger partial charge in [-0.2, -0.15) is 4.39 Å². The topological polar surface area (TPSA) is 26.3 Å². The minimum atomic E-state index is -1.10. The number of hydrogen-bond acceptors (Lipinski definition) is 2. The molecule has 0 N–H and O–H groups in total. The summed E-state index contributed by atoms with van der Waals surface area (Å²) in [6, 6.07) is 2.62. The summed E-state index contributed by atoms with van der Waals surface area (Å²) in [5.74, 6) is -2.76. The summed E-state index contributed by atoms with van der Waals surface area (Å²) in [5, 5.41) is 0. The van der Waals surface area contributed by atoms with Crippen molar-refractivity contribution in [3.8, 4) is 5.75 Å². The maximum atomic E-state index is 13.7. The molecule has 1 saturated carbocycles. The molecular weight excluding hydrogens is 226 g/mol. The van der Waals surface area contributed by atoms with Gasteiger partial charge in [0.2, 0.25) is 5.82 Å². The van der Waals surface area contributed by atoms with Crippen molar-refractivity contribution in [1.29, 1.82) is 0 Å². The maximum absolute atomic E-state index is 13.7. The van der Waals surface area contributed by atoms with Crippen molar-refractivity contribution in [2.24, 2.45) is 5.92 Å². The first kappa shape index (κ1) is 12.0. The summed E-state index contributed by atoms with van der Waals surface area (Å²) in [7, 11) is 0. The highest BCUT2D eigenvalue weighted by Crippen LogP contribution is 2.34. The quantitative estimate of drug-likeness (QED) is 0.754. The van der Waals surface area contributed by atoms with Gasteiger partial charge in [-0.3, -0.25) is 4.79 Å². The van der Waals surface area contributed by atoms with Gasteiger partial charge >= 0.3 is 0 Å². The van der Waals surface area contributed by atoms with Crippen molar-refractivity contribution < 1.29 is 18.3 Å². The molecule has 0 saturated heterocycles. The third-order valence-corrected chi connectivity index (χ3v) is 2.62. The largest absolute Gasteiger partial charge is 0.488 e. The van der Waals surface area contributed by atoms with Gasteiger partial charge in [-0.1, -0.05) is 0 Å². The molecule has 2 nitrogen and oxygen atoms in total. The van der Waals surface area contributed by atoms with E-state index in [1.54, 1.807) is 13.8 Å². The smallest absolute Gasteiger partial charge is 0.201 e. The van der Waals surface area contributed by atoms with Crippen LogP contribution >= 0.6 is 0 Å². The van der Waals surface area contributed by atoms with E-state index in [2.05, 4.69) is 0 Å². The maximum Gasteiger partial charge on any atom is 0.201 e. The first-order chi connectivity index (χ1) is 8.00. The third kappa shape index (κ3) is 2.46. The fraction of sp³-hybridized carbons (Fsp3) is 0.462. The molecule has 17 heavy (non-hydrogen) atoms. The highest BCUT2D eigenvalue weighted by Gasteiger charge is 2.33. The molecule has 0 aliphatic heterocycles. The molecule has 0 atom stereocenters. The van der Waals surface area contributed by atoms with Crippen LogP contribution in [-0.4, -0.2) is 11.9 Å². The van der Waals surface area contributed by atoms with Gasteiger partial charge in [0.25, 0.3) is 0 Å². The van der Waals surface area contributed by atoms with Crippen molar-refractivity contribution in [2.75, 3.05) is 0 Å². The van der Waals surface area contributed by atoms with Crippen LogP contribution in [0, 0.1) is 17.6 Å². The molecule has 1 aliphatic carbocycles. The van der Waals surface area contributed by atoms with Crippen LogP contribution in [-0.2, 0) is 0 Å². The van der Waals surface area contributed by atoms with Gasteiger partial charge in [0.05, 0.1) is 11.7 Å². The summed E-state index contributed by atoms with van der Waals surface area (Å²) in [6.07, 6.45) is 1.29. The molecule has 0 amide bonds. The second kappa shape index (κ2) is 4.43. The first-order valence-corrected chi connectivity index (χ1v) is 5.69. The highest BCUT2D eigenvalue weighted by atomic mass is 19.2. The molecule has 0 spiro atoms. The molecule has 0 bridgehead atoms. The number of Topliss-reactive ketones (excluding diaryl/α,β-unsaturated/α-hetero) is 1. The molecule has 0 aromatic heterocycles. The number of ketones is 1. The second-order valence-electron chi connectivity index (χ2n) is 4.54. The average Bonchev–Trinajstić information content (AvgIpc) is 3.07. The van der Waals surface area contributed by atoms with Crippen molar-refractivity contribution in [1.82, 2.24) is 0 Å². The number of ether oxygens (including phenoxy) is 1. The van der Waals surface area contributed by atoms with Crippen LogP contribution in [0.1, 0.15) is 37.0 Å². The van der Waals surface area contributed by atoms with E-state index in [-0.39, 0.29) is 29.1 Å². The van der Waals surface area contributed by atoms with Gasteiger partial charge in [-0.15, -0.1) is 0 Å². The van der Waals surface area contributed by atoms with Gasteiger partial charge < -0.3 is 4.74 Å². The van der Waals surface area contributed by atoms with Gasteiger partial charge in [-0.05, 0) is 38.8 Å². The highest BCUT2D eigenvalue weighted by molar-refractivity contribution is 5.99. The van der Waals surface area contributed by atoms with Crippen LogP contribution in [0.15, 0.2) is 12.1 Å². The summed E-state index contributed by atoms with van der Waals surface area (Å²) in [4.78, 5) is 11.7. The van der Waals surface area contributed by atoms with Crippen molar-refractivity contribution in [2.45, 2.75) is 32.8 Å². The molecule has 1 aromatic rings. The fourth-order valence-corrected chi connectivity index (χ4v) is 1.63. The van der Waals surface area contributed by atoms with Crippen molar-refractivity contribution in [3.63, 3.8) is 0 Å². The van der Waals surface area contributed by atoms with Gasteiger partial charge in [0.15, 0.2) is 17.3 Å². The lowest BCUT2D eigenvalue weighted by Gasteiger charge is -2.12. The van der Waals surface area contributed by atoms with Crippen LogP contribution in [0.2, 0.25) is 0 Å². The minimum absolute atomic E-state index is 0.124. The minimum Gasteiger partial charge on any atom is -0.488 e. The molecular formula is C13H14F2O2. The predicted octanol–water partition coefficient (Wildman–Crippen LogP) is 3.34. The monoisotopic (exact) mass is 240 g/mol. The van der Waals surface area contributed by atoms with E-state index in [0.717, 1.165) is 12.8 Å². The zero-order valence-electron chi connectivity index (χ0n) is 9.80. The predicted molar refractivity (Wildman–Crippen MR) is 59.2 cm³/mol. The molecule has 0 heterocycles. The molecule has 1 aromatic carbocycles. The normalized spacial score (nSPS) is 15.1. The lowest BCUT2D eigenvalue weighted by atomic mass is 10.1. The lowest BCUT2D eigenvalue weighted by molar-refractivity contribution is 0.0962. The Balaban J connectivity index is 2.31. The van der Waals surface area contributed by atoms with Crippen molar-refractivity contribution in [3.05, 3.63) is 29.3 Å². The molecule has 92 valence electrons. The Morgan fingerprint density at radius 1 is 1.29 bits per heavy atom. The van der Waals surface area contributed by atoms with E-state index in [0.29, 0.717) is 0 Å². The third-order valence-electron chi connectivity index (χ3n) is 2.62. The van der Waals surface area contributed by atoms with E-state index in [1.807, 2.05) is 0 Å². The second-order valence-corrected chi connectivity index (χ2v) is 4.54. The Bertz CT molecular complexity index is 451. The van der Waals surface area contributed by atoms with E-state index in [4.69, 9.17) is 4.74 Å². The molecule has 1 aliphatic rings. The molecule has 4 heteroatoms. The Kier molecular flexibility index (Phi) is 3.13. The Hall–Kier alpha value is -1.45. The Morgan fingerprint density at radius 2 is 1.94 bits per heavy atom. The number of halogens is 2. The number of carbonyl (C=O) groups is 1. The summed E-state index contributed by atoms with van der Waals surface area (Å²) in [5.41, 5.74) is -0.166. The summed E-state index contributed by atoms with van der Waals surface area (Å²) < 4.78 is 32.4. The molecule has 2 rings (SSSR count). The van der Waals surface area contributed by atoms with Crippen molar-refractivity contribution >= 4 is 5.78 Å². The first-order valence-electron chi connectivity index (χ1n) is 5.69. The van der Waals surface area contributed by atoms with Crippen LogP contribution < -0.4 is 4.74 Å². The lowest BCUT2D eigenvalue weighted by Crippen LogP contribution is -2.11. The zero-order valence-corrected chi connectivity index (χ0v) is 9.80. The van der Waals surface area contributed by atoms with E-state index in [9.17, 15) is 13.6 Å². The van der Waals surface area contributed by atoms with Crippen LogP contribution in [0.25, 0.3) is 0 Å². The standard InChI is InChI=1S/C13H14F2O2/c1-7(2)17-10-6-5-9(11(14)12(10)15)13(16)8-3-4-8/h5-8H,3-4H2,1-2H3. The van der Waals surface area contributed by atoms with E-state index >= 15 is 0 Å². The zero-order chi connectivity index (χ0) is 12.6. The van der Waals surface area contributed by atoms with Gasteiger partial charge in [0, 0.05) is 5.92 Å². The summed E-state index contributed by atoms with van der Waals surface area (Å²) >= 11 is 0. The average molecular weight is 240 g/mol. The molecule has 1 fully saturated rings. The number of hydrogen-bond donors (Lipinski definition) is 0. The SMILES string of the molecule is CC(C)Oc1ccc(C(=O)C2CC2)c(F)c1F. The van der Waals surface area contributed by atoms with E-state index in [1.165, 1.54) is 12.1 Å². The molecule has 0 radical (unpaired) electrons. The number of benzene rings is 1. The fourth-order valence-electron chi connectivity index (χ4n) is 1.63. The van der Waals surface area contributed by atoms with Crippen LogP contribution in [0.4, 0.5) is 8.78 Å². The summed E-state index contributed by atoms with van der Waals surface area (Å²) in [6.45, 7) is 3.45. The van der Waals surface area contributed by atoms with Crippen LogP contribution in [0.5, 0.6) is 5.75 Å². The van der Waals surface area contributed by atoms with Crippen LogP contribution in [0.3, 0.4) is 0 Å². The number of carbonyl (C=O) groups excluding carboxylic acids is 1. The van der Waals surface area contributed by atoms with E-state index < -0.39 is 11.6 Å². The number of rotatable bonds is 4. The molecule has 0 unspecified atom stereocenters. The van der Waals surface area contributed by atoms with Gasteiger partial charge in [0.1, 0.15) is 0 Å². The van der Waals surface area contributed by atoms with Gasteiger partial charge in [-0.25, -0.2) is 4.39 Å². The Morgan fingerprint density at radius 3 is 2.47 bits per heavy atom.